The third kappa shape index (κ3) is 4.94. The average molecular weight is 410 g/mol. The fourth-order valence-electron chi connectivity index (χ4n) is 2.74. The van der Waals surface area contributed by atoms with E-state index in [1.54, 1.807) is 49.6 Å². The molecular weight excluding hydrogens is 388 g/mol. The molecule has 0 saturated heterocycles. The molecule has 1 atom stereocenters. The second kappa shape index (κ2) is 9.25. The molecule has 0 spiro atoms. The van der Waals surface area contributed by atoms with E-state index in [4.69, 9.17) is 9.47 Å². The Morgan fingerprint density at radius 1 is 1.00 bits per heavy atom. The van der Waals surface area contributed by atoms with Crippen LogP contribution in [0.25, 0.3) is 0 Å². The molecule has 0 fully saturated rings. The summed E-state index contributed by atoms with van der Waals surface area (Å²) in [6, 6.07) is 15.9. The van der Waals surface area contributed by atoms with Crippen LogP contribution in [0.4, 0.5) is 5.69 Å². The van der Waals surface area contributed by atoms with Gasteiger partial charge in [0.25, 0.3) is 5.91 Å². The number of carbonyl (C=O) groups excluding carboxylic acids is 2. The summed E-state index contributed by atoms with van der Waals surface area (Å²) in [6.45, 7) is 1.95. The Morgan fingerprint density at radius 2 is 1.76 bits per heavy atom. The van der Waals surface area contributed by atoms with Gasteiger partial charge in [0.1, 0.15) is 11.5 Å². The first kappa shape index (κ1) is 20.4. The van der Waals surface area contributed by atoms with Crippen molar-refractivity contribution in [3.63, 3.8) is 0 Å². The molecule has 0 radical (unpaired) electrons. The number of methoxy groups -OCH3 is 2. The lowest BCUT2D eigenvalue weighted by atomic mass is 10.1. The number of ether oxygens (including phenoxy) is 2. The minimum Gasteiger partial charge on any atom is -0.497 e. The summed E-state index contributed by atoms with van der Waals surface area (Å²) >= 11 is 1.31. The Balaban J connectivity index is 1.93. The third-order valence-corrected chi connectivity index (χ3v) is 5.19. The van der Waals surface area contributed by atoms with Crippen molar-refractivity contribution >= 4 is 28.7 Å². The predicted molar refractivity (Wildman–Crippen MR) is 114 cm³/mol. The summed E-state index contributed by atoms with van der Waals surface area (Å²) in [6.07, 6.45) is -0.992. The lowest BCUT2D eigenvalue weighted by Crippen LogP contribution is -2.46. The number of amides is 1. The van der Waals surface area contributed by atoms with E-state index in [-0.39, 0.29) is 11.7 Å². The normalized spacial score (nSPS) is 11.4. The van der Waals surface area contributed by atoms with Crippen molar-refractivity contribution < 1.29 is 19.1 Å². The number of hydrogen-bond donors (Lipinski definition) is 2. The number of aryl methyl sites for hydroxylation is 1. The molecule has 1 amide bonds. The predicted octanol–water partition coefficient (Wildman–Crippen LogP) is 4.12. The molecular formula is C22H22N2O4S. The van der Waals surface area contributed by atoms with E-state index in [2.05, 4.69) is 10.6 Å². The highest BCUT2D eigenvalue weighted by atomic mass is 32.1. The lowest BCUT2D eigenvalue weighted by Gasteiger charge is -2.22. The van der Waals surface area contributed by atoms with Crippen molar-refractivity contribution in [3.05, 3.63) is 76.0 Å². The van der Waals surface area contributed by atoms with E-state index in [1.807, 2.05) is 24.4 Å². The zero-order valence-corrected chi connectivity index (χ0v) is 17.2. The first-order chi connectivity index (χ1) is 14.0. The van der Waals surface area contributed by atoms with Crippen LogP contribution in [0, 0.1) is 6.92 Å². The highest BCUT2D eigenvalue weighted by Crippen LogP contribution is 2.29. The van der Waals surface area contributed by atoms with Crippen molar-refractivity contribution in [2.24, 2.45) is 0 Å². The maximum absolute atomic E-state index is 13.2. The molecule has 7 heteroatoms. The Labute approximate surface area is 173 Å². The molecule has 2 N–H and O–H groups in total. The van der Waals surface area contributed by atoms with E-state index in [0.717, 1.165) is 5.56 Å². The van der Waals surface area contributed by atoms with Crippen molar-refractivity contribution in [1.82, 2.24) is 5.32 Å². The topological polar surface area (TPSA) is 76.7 Å². The molecule has 0 bridgehead atoms. The van der Waals surface area contributed by atoms with Crippen LogP contribution in [-0.4, -0.2) is 32.1 Å². The standard InChI is InChI=1S/C22H22N2O4S/c1-14-6-8-15(9-7-14)20(25)21(24-22(26)19-5-4-12-29-19)23-17-13-16(27-2)10-11-18(17)28-3/h4-13,21,23H,1-3H3,(H,24,26)/t21-/m1/s1. The van der Waals surface area contributed by atoms with Crippen LogP contribution in [0.15, 0.2) is 60.0 Å². The minimum absolute atomic E-state index is 0.264. The smallest absolute Gasteiger partial charge is 0.263 e. The van der Waals surface area contributed by atoms with Gasteiger partial charge in [0.15, 0.2) is 6.17 Å². The fraction of sp³-hybridized carbons (Fsp3) is 0.182. The zero-order chi connectivity index (χ0) is 20.8. The zero-order valence-electron chi connectivity index (χ0n) is 16.4. The van der Waals surface area contributed by atoms with Crippen LogP contribution in [0.1, 0.15) is 25.6 Å². The number of Topliss-reactive ketones (excluding diaryl/α,β-unsaturated/α-hetero) is 1. The molecule has 29 heavy (non-hydrogen) atoms. The largest absolute Gasteiger partial charge is 0.497 e. The lowest BCUT2D eigenvalue weighted by molar-refractivity contribution is 0.0871. The first-order valence-electron chi connectivity index (χ1n) is 8.95. The number of hydrogen-bond acceptors (Lipinski definition) is 6. The van der Waals surface area contributed by atoms with E-state index in [0.29, 0.717) is 27.6 Å². The van der Waals surface area contributed by atoms with Gasteiger partial charge in [-0.15, -0.1) is 11.3 Å². The highest BCUT2D eigenvalue weighted by molar-refractivity contribution is 7.12. The molecule has 2 aromatic carbocycles. The molecule has 1 heterocycles. The molecule has 0 aliphatic heterocycles. The van der Waals surface area contributed by atoms with Gasteiger partial charge in [-0.1, -0.05) is 35.9 Å². The van der Waals surface area contributed by atoms with E-state index < -0.39 is 6.17 Å². The maximum atomic E-state index is 13.2. The highest BCUT2D eigenvalue weighted by Gasteiger charge is 2.24. The summed E-state index contributed by atoms with van der Waals surface area (Å²) in [5.41, 5.74) is 2.06. The van der Waals surface area contributed by atoms with E-state index in [1.165, 1.54) is 18.4 Å². The van der Waals surface area contributed by atoms with Crippen LogP contribution < -0.4 is 20.1 Å². The Bertz CT molecular complexity index is 985. The number of carbonyl (C=O) groups is 2. The van der Waals surface area contributed by atoms with Crippen LogP contribution in [-0.2, 0) is 0 Å². The van der Waals surface area contributed by atoms with Crippen molar-refractivity contribution in [1.29, 1.82) is 0 Å². The van der Waals surface area contributed by atoms with Crippen molar-refractivity contribution in [2.45, 2.75) is 13.1 Å². The molecule has 6 nitrogen and oxygen atoms in total. The van der Waals surface area contributed by atoms with Gasteiger partial charge in [-0.2, -0.15) is 0 Å². The summed E-state index contributed by atoms with van der Waals surface area (Å²) in [7, 11) is 3.09. The minimum atomic E-state index is -0.992. The van der Waals surface area contributed by atoms with Crippen LogP contribution in [0.2, 0.25) is 0 Å². The maximum Gasteiger partial charge on any atom is 0.263 e. The van der Waals surface area contributed by atoms with Gasteiger partial charge in [-0.05, 0) is 30.5 Å². The first-order valence-corrected chi connectivity index (χ1v) is 9.83. The number of anilines is 1. The molecule has 0 unspecified atom stereocenters. The second-order valence-corrected chi connectivity index (χ2v) is 7.27. The molecule has 150 valence electrons. The fourth-order valence-corrected chi connectivity index (χ4v) is 3.37. The Morgan fingerprint density at radius 3 is 2.38 bits per heavy atom. The van der Waals surface area contributed by atoms with Crippen LogP contribution in [0.5, 0.6) is 11.5 Å². The number of rotatable bonds is 8. The molecule has 3 aromatic rings. The second-order valence-electron chi connectivity index (χ2n) is 6.32. The molecule has 0 saturated carbocycles. The number of ketones is 1. The van der Waals surface area contributed by atoms with Gasteiger partial charge in [0.05, 0.1) is 24.8 Å². The monoisotopic (exact) mass is 410 g/mol. The third-order valence-electron chi connectivity index (χ3n) is 4.33. The van der Waals surface area contributed by atoms with Crippen LogP contribution in [0.3, 0.4) is 0 Å². The van der Waals surface area contributed by atoms with E-state index in [9.17, 15) is 9.59 Å². The van der Waals surface area contributed by atoms with E-state index >= 15 is 0 Å². The molecule has 1 aromatic heterocycles. The average Bonchev–Trinajstić information content (AvgIpc) is 3.28. The quantitative estimate of drug-likeness (QED) is 0.431. The summed E-state index contributed by atoms with van der Waals surface area (Å²) in [4.78, 5) is 26.3. The van der Waals surface area contributed by atoms with Gasteiger partial charge in [-0.3, -0.25) is 9.59 Å². The molecule has 3 rings (SSSR count). The summed E-state index contributed by atoms with van der Waals surface area (Å²) < 4.78 is 10.7. The van der Waals surface area contributed by atoms with Crippen LogP contribution >= 0.6 is 11.3 Å². The van der Waals surface area contributed by atoms with Crippen molar-refractivity contribution in [3.8, 4) is 11.5 Å². The van der Waals surface area contributed by atoms with Gasteiger partial charge >= 0.3 is 0 Å². The number of benzene rings is 2. The number of nitrogens with one attached hydrogen (secondary N) is 2. The summed E-state index contributed by atoms with van der Waals surface area (Å²) in [5, 5.41) is 7.69. The SMILES string of the molecule is COc1ccc(OC)c(N[C@H](NC(=O)c2cccs2)C(=O)c2ccc(C)cc2)c1. The Kier molecular flexibility index (Phi) is 6.51. The van der Waals surface area contributed by atoms with Gasteiger partial charge in [0, 0.05) is 11.6 Å². The van der Waals surface area contributed by atoms with Gasteiger partial charge < -0.3 is 20.1 Å². The molecule has 0 aliphatic carbocycles. The molecule has 0 aliphatic rings. The summed E-state index contributed by atoms with van der Waals surface area (Å²) in [5.74, 6) is 0.525. The van der Waals surface area contributed by atoms with Crippen molar-refractivity contribution in [2.75, 3.05) is 19.5 Å². The van der Waals surface area contributed by atoms with Gasteiger partial charge in [-0.25, -0.2) is 0 Å². The van der Waals surface area contributed by atoms with Gasteiger partial charge in [0.2, 0.25) is 5.78 Å². The number of thiophene rings is 1. The Hall–Kier alpha value is -3.32.